The third-order valence-electron chi connectivity index (χ3n) is 2.86. The molecule has 0 amide bonds. The van der Waals surface area contributed by atoms with Crippen molar-refractivity contribution in [3.8, 4) is 0 Å². The lowest BCUT2D eigenvalue weighted by Gasteiger charge is -2.06. The predicted octanol–water partition coefficient (Wildman–Crippen LogP) is 1.06. The molecule has 0 spiro atoms. The lowest BCUT2D eigenvalue weighted by Crippen LogP contribution is -2.26. The molecule has 0 fully saturated rings. The molecule has 0 saturated heterocycles. The zero-order valence-electron chi connectivity index (χ0n) is 11.0. The maximum Gasteiger partial charge on any atom is 0.258 e. The Kier molecular flexibility index (Phi) is 4.84. The molecular formula is C14H17N3O2S. The standard InChI is InChI=1S/C14H17N3O2S/c15-10-13-6-7-14(16-11-13)20(18,19)17-9-8-12-4-2-1-3-5-12/h1-7,11,17H,8-10,15H2. The lowest BCUT2D eigenvalue weighted by molar-refractivity contribution is 0.577. The lowest BCUT2D eigenvalue weighted by atomic mass is 10.2. The number of nitrogens with one attached hydrogen (secondary N) is 1. The van der Waals surface area contributed by atoms with E-state index in [0.29, 0.717) is 19.5 Å². The van der Waals surface area contributed by atoms with Crippen LogP contribution in [0.5, 0.6) is 0 Å². The van der Waals surface area contributed by atoms with Gasteiger partial charge in [0.1, 0.15) is 0 Å². The van der Waals surface area contributed by atoms with Crippen LogP contribution in [0, 0.1) is 0 Å². The Hall–Kier alpha value is -1.76. The highest BCUT2D eigenvalue weighted by Crippen LogP contribution is 2.06. The Morgan fingerprint density at radius 2 is 1.80 bits per heavy atom. The van der Waals surface area contributed by atoms with Gasteiger partial charge in [-0.3, -0.25) is 0 Å². The summed E-state index contributed by atoms with van der Waals surface area (Å²) in [6, 6.07) is 12.8. The van der Waals surface area contributed by atoms with E-state index in [9.17, 15) is 8.42 Å². The first kappa shape index (κ1) is 14.6. The van der Waals surface area contributed by atoms with Crippen LogP contribution in [-0.2, 0) is 23.0 Å². The molecule has 0 aliphatic carbocycles. The van der Waals surface area contributed by atoms with Gasteiger partial charge in [0.05, 0.1) is 0 Å². The molecule has 0 unspecified atom stereocenters. The smallest absolute Gasteiger partial charge is 0.258 e. The first-order valence-corrected chi connectivity index (χ1v) is 7.79. The number of pyridine rings is 1. The van der Waals surface area contributed by atoms with E-state index < -0.39 is 10.0 Å². The quantitative estimate of drug-likeness (QED) is 0.833. The van der Waals surface area contributed by atoms with Crippen LogP contribution < -0.4 is 10.5 Å². The second-order valence-corrected chi connectivity index (χ2v) is 6.06. The number of sulfonamides is 1. The fourth-order valence-electron chi connectivity index (χ4n) is 1.74. The Balaban J connectivity index is 1.96. The summed E-state index contributed by atoms with van der Waals surface area (Å²) in [7, 11) is -3.56. The summed E-state index contributed by atoms with van der Waals surface area (Å²) in [4.78, 5) is 3.92. The van der Waals surface area contributed by atoms with E-state index in [-0.39, 0.29) is 5.03 Å². The van der Waals surface area contributed by atoms with Gasteiger partial charge in [-0.15, -0.1) is 0 Å². The summed E-state index contributed by atoms with van der Waals surface area (Å²) in [5.41, 5.74) is 7.33. The van der Waals surface area contributed by atoms with Crippen LogP contribution in [-0.4, -0.2) is 19.9 Å². The van der Waals surface area contributed by atoms with Crippen molar-refractivity contribution < 1.29 is 8.42 Å². The van der Waals surface area contributed by atoms with Crippen molar-refractivity contribution in [1.29, 1.82) is 0 Å². The molecule has 2 rings (SSSR count). The fraction of sp³-hybridized carbons (Fsp3) is 0.214. The van der Waals surface area contributed by atoms with Crippen molar-refractivity contribution in [2.75, 3.05) is 6.54 Å². The summed E-state index contributed by atoms with van der Waals surface area (Å²) in [6.45, 7) is 0.682. The van der Waals surface area contributed by atoms with Gasteiger partial charge in [0.2, 0.25) is 0 Å². The molecule has 0 aliphatic heterocycles. The molecule has 106 valence electrons. The molecule has 1 aromatic carbocycles. The van der Waals surface area contributed by atoms with Crippen LogP contribution in [0.4, 0.5) is 0 Å². The fourth-order valence-corrected chi connectivity index (χ4v) is 2.70. The van der Waals surface area contributed by atoms with E-state index in [2.05, 4.69) is 9.71 Å². The highest BCUT2D eigenvalue weighted by molar-refractivity contribution is 7.89. The van der Waals surface area contributed by atoms with Crippen molar-refractivity contribution in [3.05, 3.63) is 59.8 Å². The van der Waals surface area contributed by atoms with E-state index in [1.165, 1.54) is 12.3 Å². The monoisotopic (exact) mass is 291 g/mol. The molecule has 0 saturated carbocycles. The molecule has 20 heavy (non-hydrogen) atoms. The summed E-state index contributed by atoms with van der Waals surface area (Å²) in [5, 5.41) is 0.0164. The summed E-state index contributed by atoms with van der Waals surface area (Å²) in [5.74, 6) is 0. The van der Waals surface area contributed by atoms with Crippen LogP contribution in [0.25, 0.3) is 0 Å². The normalized spacial score (nSPS) is 11.4. The highest BCUT2D eigenvalue weighted by Gasteiger charge is 2.14. The summed E-state index contributed by atoms with van der Waals surface area (Å²) >= 11 is 0. The maximum atomic E-state index is 12.0. The van der Waals surface area contributed by atoms with E-state index in [1.54, 1.807) is 6.07 Å². The van der Waals surface area contributed by atoms with Gasteiger partial charge < -0.3 is 5.73 Å². The van der Waals surface area contributed by atoms with Crippen LogP contribution >= 0.6 is 0 Å². The number of aromatic nitrogens is 1. The van der Waals surface area contributed by atoms with Crippen LogP contribution in [0.15, 0.2) is 53.7 Å². The molecule has 0 aliphatic rings. The van der Waals surface area contributed by atoms with E-state index in [0.717, 1.165) is 11.1 Å². The average Bonchev–Trinajstić information content (AvgIpc) is 2.48. The minimum atomic E-state index is -3.56. The summed E-state index contributed by atoms with van der Waals surface area (Å²) < 4.78 is 26.6. The Morgan fingerprint density at radius 1 is 1.05 bits per heavy atom. The molecule has 0 bridgehead atoms. The average molecular weight is 291 g/mol. The number of nitrogens with zero attached hydrogens (tertiary/aromatic N) is 1. The third kappa shape index (κ3) is 3.86. The van der Waals surface area contributed by atoms with Gasteiger partial charge in [-0.1, -0.05) is 36.4 Å². The van der Waals surface area contributed by atoms with Gasteiger partial charge in [-0.25, -0.2) is 18.1 Å². The van der Waals surface area contributed by atoms with Gasteiger partial charge >= 0.3 is 0 Å². The number of hydrogen-bond donors (Lipinski definition) is 2. The molecule has 5 nitrogen and oxygen atoms in total. The minimum absolute atomic E-state index is 0.0164. The van der Waals surface area contributed by atoms with Gasteiger partial charge in [0.15, 0.2) is 5.03 Å². The van der Waals surface area contributed by atoms with E-state index in [4.69, 9.17) is 5.73 Å². The number of rotatable bonds is 6. The number of benzene rings is 1. The SMILES string of the molecule is NCc1ccc(S(=O)(=O)NCCc2ccccc2)nc1. The molecule has 0 radical (unpaired) electrons. The van der Waals surface area contributed by atoms with Crippen LogP contribution in [0.3, 0.4) is 0 Å². The summed E-state index contributed by atoms with van der Waals surface area (Å²) in [6.07, 6.45) is 2.12. The Labute approximate surface area is 118 Å². The molecule has 3 N–H and O–H groups in total. The van der Waals surface area contributed by atoms with Gasteiger partial charge in [0.25, 0.3) is 10.0 Å². The Morgan fingerprint density at radius 3 is 2.40 bits per heavy atom. The second-order valence-electron chi connectivity index (χ2n) is 4.34. The molecule has 1 heterocycles. The van der Waals surface area contributed by atoms with Crippen LogP contribution in [0.2, 0.25) is 0 Å². The van der Waals surface area contributed by atoms with Gasteiger partial charge in [-0.05, 0) is 23.6 Å². The first-order valence-electron chi connectivity index (χ1n) is 6.30. The van der Waals surface area contributed by atoms with Gasteiger partial charge in [0, 0.05) is 19.3 Å². The van der Waals surface area contributed by atoms with E-state index >= 15 is 0 Å². The molecule has 6 heteroatoms. The number of nitrogens with two attached hydrogens (primary N) is 1. The highest BCUT2D eigenvalue weighted by atomic mass is 32.2. The van der Waals surface area contributed by atoms with Crippen molar-refractivity contribution in [3.63, 3.8) is 0 Å². The predicted molar refractivity (Wildman–Crippen MR) is 77.5 cm³/mol. The minimum Gasteiger partial charge on any atom is -0.326 e. The molecule has 2 aromatic rings. The zero-order valence-corrected chi connectivity index (χ0v) is 11.8. The van der Waals surface area contributed by atoms with Crippen molar-refractivity contribution >= 4 is 10.0 Å². The maximum absolute atomic E-state index is 12.0. The topological polar surface area (TPSA) is 85.1 Å². The van der Waals surface area contributed by atoms with Crippen molar-refractivity contribution in [2.45, 2.75) is 18.0 Å². The van der Waals surface area contributed by atoms with E-state index in [1.807, 2.05) is 30.3 Å². The van der Waals surface area contributed by atoms with Crippen molar-refractivity contribution in [1.82, 2.24) is 9.71 Å². The molecule has 1 aromatic heterocycles. The largest absolute Gasteiger partial charge is 0.326 e. The first-order chi connectivity index (χ1) is 9.62. The van der Waals surface area contributed by atoms with Crippen molar-refractivity contribution in [2.24, 2.45) is 5.73 Å². The Bertz CT molecular complexity index is 640. The number of hydrogen-bond acceptors (Lipinski definition) is 4. The second kappa shape index (κ2) is 6.60. The van der Waals surface area contributed by atoms with Crippen LogP contribution in [0.1, 0.15) is 11.1 Å². The molecule has 0 atom stereocenters. The third-order valence-corrected chi connectivity index (χ3v) is 4.23. The zero-order chi connectivity index (χ0) is 14.4. The molecular weight excluding hydrogens is 274 g/mol. The van der Waals surface area contributed by atoms with Gasteiger partial charge in [-0.2, -0.15) is 0 Å².